The van der Waals surface area contributed by atoms with Gasteiger partial charge in [-0.15, -0.1) is 0 Å². The molecule has 2 atom stereocenters. The zero-order chi connectivity index (χ0) is 12.8. The molecule has 94 valence electrons. The fraction of sp³-hybridized carbons (Fsp3) is 0.500. The van der Waals surface area contributed by atoms with E-state index in [4.69, 9.17) is 0 Å². The number of amides is 1. The summed E-state index contributed by atoms with van der Waals surface area (Å²) in [5, 5.41) is 12.5. The first-order chi connectivity index (χ1) is 8.06. The van der Waals surface area contributed by atoms with Crippen molar-refractivity contribution in [2.75, 3.05) is 6.54 Å². The van der Waals surface area contributed by atoms with Gasteiger partial charge in [-0.25, -0.2) is 0 Å². The Morgan fingerprint density at radius 2 is 2.06 bits per heavy atom. The van der Waals surface area contributed by atoms with E-state index >= 15 is 0 Å². The van der Waals surface area contributed by atoms with Crippen molar-refractivity contribution in [3.63, 3.8) is 0 Å². The second kappa shape index (κ2) is 6.40. The quantitative estimate of drug-likeness (QED) is 0.821. The highest BCUT2D eigenvalue weighted by Gasteiger charge is 2.14. The summed E-state index contributed by atoms with van der Waals surface area (Å²) in [6.45, 7) is 6.21. The van der Waals surface area contributed by atoms with Crippen LogP contribution < -0.4 is 5.32 Å². The molecule has 17 heavy (non-hydrogen) atoms. The molecule has 0 radical (unpaired) electrons. The van der Waals surface area contributed by atoms with Crippen molar-refractivity contribution in [3.8, 4) is 0 Å². The van der Waals surface area contributed by atoms with Gasteiger partial charge in [-0.1, -0.05) is 38.5 Å². The van der Waals surface area contributed by atoms with Crippen LogP contribution in [0.3, 0.4) is 0 Å². The Bertz CT molecular complexity index is 376. The zero-order valence-electron chi connectivity index (χ0n) is 10.7. The number of aliphatic hydroxyl groups is 1. The van der Waals surface area contributed by atoms with E-state index in [2.05, 4.69) is 5.32 Å². The van der Waals surface area contributed by atoms with Gasteiger partial charge in [0.1, 0.15) is 0 Å². The number of nitrogens with one attached hydrogen (secondary N) is 1. The molecule has 0 bridgehead atoms. The normalized spacial score (nSPS) is 14.1. The summed E-state index contributed by atoms with van der Waals surface area (Å²) in [7, 11) is 0. The number of benzene rings is 1. The molecule has 0 aliphatic heterocycles. The third kappa shape index (κ3) is 3.86. The topological polar surface area (TPSA) is 49.3 Å². The van der Waals surface area contributed by atoms with Crippen molar-refractivity contribution in [2.24, 2.45) is 5.92 Å². The Balaban J connectivity index is 2.54. The van der Waals surface area contributed by atoms with Crippen LogP contribution in [-0.2, 0) is 0 Å². The van der Waals surface area contributed by atoms with Crippen LogP contribution in [0.5, 0.6) is 0 Å². The van der Waals surface area contributed by atoms with Crippen LogP contribution in [0, 0.1) is 12.8 Å². The van der Waals surface area contributed by atoms with Crippen LogP contribution in [0.15, 0.2) is 24.3 Å². The van der Waals surface area contributed by atoms with Crippen LogP contribution in [0.4, 0.5) is 0 Å². The minimum absolute atomic E-state index is 0.120. The molecule has 3 nitrogen and oxygen atoms in total. The molecule has 0 heterocycles. The van der Waals surface area contributed by atoms with Gasteiger partial charge in [0.2, 0.25) is 0 Å². The lowest BCUT2D eigenvalue weighted by Crippen LogP contribution is -2.35. The molecule has 0 fully saturated rings. The molecule has 0 aliphatic carbocycles. The number of rotatable bonds is 5. The number of hydrogen-bond acceptors (Lipinski definition) is 2. The maximum atomic E-state index is 11.9. The fourth-order valence-corrected chi connectivity index (χ4v) is 1.59. The highest BCUT2D eigenvalue weighted by molar-refractivity contribution is 5.95. The van der Waals surface area contributed by atoms with Crippen molar-refractivity contribution in [1.29, 1.82) is 0 Å². The van der Waals surface area contributed by atoms with E-state index in [9.17, 15) is 9.90 Å². The molecular weight excluding hydrogens is 214 g/mol. The molecule has 1 rings (SSSR count). The van der Waals surface area contributed by atoms with Crippen molar-refractivity contribution in [2.45, 2.75) is 33.3 Å². The first kappa shape index (κ1) is 13.7. The number of carbonyl (C=O) groups is 1. The van der Waals surface area contributed by atoms with Crippen molar-refractivity contribution >= 4 is 5.91 Å². The Morgan fingerprint density at radius 3 is 2.65 bits per heavy atom. The third-order valence-corrected chi connectivity index (χ3v) is 3.16. The number of aliphatic hydroxyl groups excluding tert-OH is 1. The van der Waals surface area contributed by atoms with E-state index in [1.54, 1.807) is 6.07 Å². The van der Waals surface area contributed by atoms with Crippen LogP contribution in [0.25, 0.3) is 0 Å². The van der Waals surface area contributed by atoms with Crippen molar-refractivity contribution in [1.82, 2.24) is 5.32 Å². The highest BCUT2D eigenvalue weighted by Crippen LogP contribution is 2.08. The molecule has 3 heteroatoms. The van der Waals surface area contributed by atoms with Gasteiger partial charge in [0.15, 0.2) is 0 Å². The number of hydrogen-bond donors (Lipinski definition) is 2. The highest BCUT2D eigenvalue weighted by atomic mass is 16.3. The van der Waals surface area contributed by atoms with E-state index in [1.807, 2.05) is 39.0 Å². The summed E-state index contributed by atoms with van der Waals surface area (Å²) < 4.78 is 0. The van der Waals surface area contributed by atoms with Gasteiger partial charge in [0, 0.05) is 12.1 Å². The minimum Gasteiger partial charge on any atom is -0.391 e. The predicted octanol–water partition coefficient (Wildman–Crippen LogP) is 2.13. The Labute approximate surface area is 103 Å². The van der Waals surface area contributed by atoms with E-state index in [0.29, 0.717) is 12.1 Å². The second-order valence-electron chi connectivity index (χ2n) is 4.48. The van der Waals surface area contributed by atoms with Gasteiger partial charge in [0.25, 0.3) is 5.91 Å². The molecule has 0 saturated carbocycles. The summed E-state index contributed by atoms with van der Waals surface area (Å²) in [5.41, 5.74) is 1.62. The lowest BCUT2D eigenvalue weighted by Gasteiger charge is -2.17. The molecule has 1 amide bonds. The summed E-state index contributed by atoms with van der Waals surface area (Å²) in [6, 6.07) is 7.44. The Hall–Kier alpha value is -1.35. The van der Waals surface area contributed by atoms with Crippen molar-refractivity contribution < 1.29 is 9.90 Å². The van der Waals surface area contributed by atoms with Gasteiger partial charge in [-0.2, -0.15) is 0 Å². The summed E-state index contributed by atoms with van der Waals surface area (Å²) >= 11 is 0. The van der Waals surface area contributed by atoms with Crippen LogP contribution in [0.2, 0.25) is 0 Å². The number of carbonyl (C=O) groups excluding carboxylic acids is 1. The Kier molecular flexibility index (Phi) is 5.16. The molecule has 0 aliphatic rings. The lowest BCUT2D eigenvalue weighted by molar-refractivity contribution is 0.0849. The molecule has 0 aromatic heterocycles. The monoisotopic (exact) mass is 235 g/mol. The third-order valence-electron chi connectivity index (χ3n) is 3.16. The Morgan fingerprint density at radius 1 is 1.41 bits per heavy atom. The average Bonchev–Trinajstić information content (AvgIpc) is 2.35. The van der Waals surface area contributed by atoms with E-state index < -0.39 is 6.10 Å². The number of aryl methyl sites for hydroxylation is 1. The maximum Gasteiger partial charge on any atom is 0.251 e. The molecule has 2 N–H and O–H groups in total. The van der Waals surface area contributed by atoms with Crippen LogP contribution in [0.1, 0.15) is 36.2 Å². The predicted molar refractivity (Wildman–Crippen MR) is 69.0 cm³/mol. The molecule has 0 spiro atoms. The summed E-state index contributed by atoms with van der Waals surface area (Å²) in [6.07, 6.45) is 0.425. The van der Waals surface area contributed by atoms with Gasteiger partial charge >= 0.3 is 0 Å². The summed E-state index contributed by atoms with van der Waals surface area (Å²) in [4.78, 5) is 11.9. The van der Waals surface area contributed by atoms with Gasteiger partial charge < -0.3 is 10.4 Å². The fourth-order valence-electron chi connectivity index (χ4n) is 1.59. The summed E-state index contributed by atoms with van der Waals surface area (Å²) in [5.74, 6) is 0.0811. The van der Waals surface area contributed by atoms with Gasteiger partial charge in [0.05, 0.1) is 6.10 Å². The second-order valence-corrected chi connectivity index (χ2v) is 4.48. The largest absolute Gasteiger partial charge is 0.391 e. The zero-order valence-corrected chi connectivity index (χ0v) is 10.7. The van der Waals surface area contributed by atoms with Crippen LogP contribution >= 0.6 is 0 Å². The molecular formula is C14H21NO2. The first-order valence-electron chi connectivity index (χ1n) is 6.08. The lowest BCUT2D eigenvalue weighted by atomic mass is 10.0. The molecule has 0 saturated heterocycles. The maximum absolute atomic E-state index is 11.9. The van der Waals surface area contributed by atoms with Crippen molar-refractivity contribution in [3.05, 3.63) is 35.4 Å². The minimum atomic E-state index is -0.479. The van der Waals surface area contributed by atoms with Crippen LogP contribution in [-0.4, -0.2) is 23.7 Å². The van der Waals surface area contributed by atoms with Gasteiger partial charge in [-0.3, -0.25) is 4.79 Å². The SMILES string of the molecule is CCC(C)C(O)CNC(=O)c1ccccc1C. The first-order valence-corrected chi connectivity index (χ1v) is 6.08. The smallest absolute Gasteiger partial charge is 0.251 e. The molecule has 1 aromatic carbocycles. The average molecular weight is 235 g/mol. The van der Waals surface area contributed by atoms with E-state index in [1.165, 1.54) is 0 Å². The van der Waals surface area contributed by atoms with Gasteiger partial charge in [-0.05, 0) is 24.5 Å². The van der Waals surface area contributed by atoms with E-state index in [0.717, 1.165) is 12.0 Å². The van der Waals surface area contributed by atoms with E-state index in [-0.39, 0.29) is 11.8 Å². The standard InChI is InChI=1S/C14H21NO2/c1-4-10(2)13(16)9-15-14(17)12-8-6-5-7-11(12)3/h5-8,10,13,16H,4,9H2,1-3H3,(H,15,17). The molecule has 1 aromatic rings. The molecule has 2 unspecified atom stereocenters.